The molecule has 0 aliphatic heterocycles. The number of aryl methyl sites for hydroxylation is 1. The van der Waals surface area contributed by atoms with E-state index in [0.717, 1.165) is 0 Å². The molecule has 2 heteroatoms. The van der Waals surface area contributed by atoms with Crippen molar-refractivity contribution >= 4 is 65.2 Å². The lowest BCUT2D eigenvalue weighted by molar-refractivity contribution is 1.02. The van der Waals surface area contributed by atoms with E-state index in [1.807, 2.05) is 0 Å². The van der Waals surface area contributed by atoms with Crippen LogP contribution in [-0.2, 0) is 7.05 Å². The first-order valence-corrected chi connectivity index (χ1v) is 12.1. The van der Waals surface area contributed by atoms with Gasteiger partial charge >= 0.3 is 0 Å². The smallest absolute Gasteiger partial charge is 0.0618 e. The summed E-state index contributed by atoms with van der Waals surface area (Å²) in [7, 11) is 2.17. The Morgan fingerprint density at radius 2 is 0.886 bits per heavy atom. The Bertz CT molecular complexity index is 2070. The molecule has 0 N–H and O–H groups in total. The molecule has 0 unspecified atom stereocenters. The maximum Gasteiger partial charge on any atom is 0.0618 e. The highest BCUT2D eigenvalue weighted by molar-refractivity contribution is 6.20. The molecular weight excluding hydrogens is 424 g/mol. The SMILES string of the molecule is Cn1c2ccccc2c2cc3c(cc21)c1ccccc1n3-c1c2ccccc2cc2ccccc12. The first-order chi connectivity index (χ1) is 17.3. The summed E-state index contributed by atoms with van der Waals surface area (Å²) in [4.78, 5) is 0. The van der Waals surface area contributed by atoms with Crippen molar-refractivity contribution in [1.82, 2.24) is 9.13 Å². The maximum absolute atomic E-state index is 2.50. The summed E-state index contributed by atoms with van der Waals surface area (Å²) in [5.74, 6) is 0. The van der Waals surface area contributed by atoms with E-state index in [0.29, 0.717) is 0 Å². The molecule has 0 fully saturated rings. The number of nitrogens with zero attached hydrogens (tertiary/aromatic N) is 2. The molecule has 0 saturated heterocycles. The Labute approximate surface area is 202 Å². The highest BCUT2D eigenvalue weighted by Crippen LogP contribution is 2.41. The molecule has 8 aromatic rings. The predicted molar refractivity (Wildman–Crippen MR) is 150 cm³/mol. The molecular formula is C33H22N2. The van der Waals surface area contributed by atoms with Gasteiger partial charge in [-0.1, -0.05) is 84.9 Å². The predicted octanol–water partition coefficient (Wildman–Crippen LogP) is 8.73. The molecule has 2 nitrogen and oxygen atoms in total. The summed E-state index contributed by atoms with van der Waals surface area (Å²) in [6, 6.07) is 42.2. The van der Waals surface area contributed by atoms with Crippen molar-refractivity contribution in [3.05, 3.63) is 115 Å². The molecule has 0 atom stereocenters. The van der Waals surface area contributed by atoms with Crippen LogP contribution in [0.15, 0.2) is 115 Å². The monoisotopic (exact) mass is 446 g/mol. The Hall–Kier alpha value is -4.56. The van der Waals surface area contributed by atoms with Gasteiger partial charge in [-0.2, -0.15) is 0 Å². The molecule has 0 aliphatic carbocycles. The largest absolute Gasteiger partial charge is 0.344 e. The van der Waals surface area contributed by atoms with Gasteiger partial charge in [-0.05, 0) is 41.1 Å². The number of aromatic nitrogens is 2. The van der Waals surface area contributed by atoms with E-state index in [4.69, 9.17) is 0 Å². The van der Waals surface area contributed by atoms with Crippen LogP contribution in [0.1, 0.15) is 0 Å². The summed E-state index contributed by atoms with van der Waals surface area (Å²) >= 11 is 0. The van der Waals surface area contributed by atoms with Gasteiger partial charge in [-0.25, -0.2) is 0 Å². The van der Waals surface area contributed by atoms with Crippen molar-refractivity contribution in [1.29, 1.82) is 0 Å². The minimum atomic E-state index is 1.24. The number of rotatable bonds is 1. The van der Waals surface area contributed by atoms with Crippen molar-refractivity contribution in [3.8, 4) is 5.69 Å². The normalized spacial score (nSPS) is 12.1. The average Bonchev–Trinajstić information content (AvgIpc) is 3.38. The standard InChI is InChI=1S/C33H22N2/c1-34-29-16-8-6-14-25(29)27-20-32-28(19-31(27)34)26-15-7-9-17-30(26)35(32)33-23-12-4-2-10-21(23)18-22-11-3-5-13-24(22)33/h2-20H,1H3. The second kappa shape index (κ2) is 6.74. The van der Waals surface area contributed by atoms with E-state index in [9.17, 15) is 0 Å². The highest BCUT2D eigenvalue weighted by atomic mass is 15.0. The molecule has 0 amide bonds. The number of hydrogen-bond donors (Lipinski definition) is 0. The van der Waals surface area contributed by atoms with Gasteiger partial charge in [0.15, 0.2) is 0 Å². The average molecular weight is 447 g/mol. The van der Waals surface area contributed by atoms with Gasteiger partial charge in [0.2, 0.25) is 0 Å². The third-order valence-corrected chi connectivity index (χ3v) is 7.67. The number of fused-ring (bicyclic) bond motifs is 8. The van der Waals surface area contributed by atoms with Crippen LogP contribution in [0, 0.1) is 0 Å². The van der Waals surface area contributed by atoms with Crippen molar-refractivity contribution in [2.75, 3.05) is 0 Å². The van der Waals surface area contributed by atoms with Crippen molar-refractivity contribution in [2.45, 2.75) is 0 Å². The van der Waals surface area contributed by atoms with Gasteiger partial charge in [0.05, 0.1) is 16.7 Å². The van der Waals surface area contributed by atoms with Crippen LogP contribution in [0.3, 0.4) is 0 Å². The van der Waals surface area contributed by atoms with Crippen molar-refractivity contribution in [2.24, 2.45) is 7.05 Å². The lowest BCUT2D eigenvalue weighted by Crippen LogP contribution is -1.97. The molecule has 2 aromatic heterocycles. The Kier molecular flexibility index (Phi) is 3.62. The summed E-state index contributed by atoms with van der Waals surface area (Å²) in [6.07, 6.45) is 0. The molecule has 6 aromatic carbocycles. The number of hydrogen-bond acceptors (Lipinski definition) is 0. The summed E-state index contributed by atoms with van der Waals surface area (Å²) < 4.78 is 4.82. The highest BCUT2D eigenvalue weighted by Gasteiger charge is 2.19. The van der Waals surface area contributed by atoms with Crippen LogP contribution < -0.4 is 0 Å². The fourth-order valence-corrected chi connectivity index (χ4v) is 6.09. The molecule has 0 spiro atoms. The lowest BCUT2D eigenvalue weighted by atomic mass is 10.0. The van der Waals surface area contributed by atoms with Gasteiger partial charge in [0, 0.05) is 50.4 Å². The fraction of sp³-hybridized carbons (Fsp3) is 0.0303. The molecule has 0 radical (unpaired) electrons. The molecule has 0 saturated carbocycles. The number of para-hydroxylation sites is 2. The first kappa shape index (κ1) is 18.8. The van der Waals surface area contributed by atoms with Crippen LogP contribution in [-0.4, -0.2) is 9.13 Å². The van der Waals surface area contributed by atoms with Crippen LogP contribution in [0.4, 0.5) is 0 Å². The van der Waals surface area contributed by atoms with Gasteiger partial charge in [0.25, 0.3) is 0 Å². The summed E-state index contributed by atoms with van der Waals surface area (Å²) in [5.41, 5.74) is 6.27. The van der Waals surface area contributed by atoms with Gasteiger partial charge in [-0.15, -0.1) is 0 Å². The second-order valence-electron chi connectivity index (χ2n) is 9.48. The minimum absolute atomic E-state index is 1.24. The Balaban J connectivity index is 1.66. The summed E-state index contributed by atoms with van der Waals surface area (Å²) in [6.45, 7) is 0. The van der Waals surface area contributed by atoms with Gasteiger partial charge in [-0.3, -0.25) is 0 Å². The zero-order chi connectivity index (χ0) is 23.1. The van der Waals surface area contributed by atoms with Crippen molar-refractivity contribution in [3.63, 3.8) is 0 Å². The van der Waals surface area contributed by atoms with Crippen LogP contribution in [0.25, 0.3) is 70.8 Å². The van der Waals surface area contributed by atoms with E-state index in [-0.39, 0.29) is 0 Å². The summed E-state index contributed by atoms with van der Waals surface area (Å²) in [5, 5.41) is 10.2. The fourth-order valence-electron chi connectivity index (χ4n) is 6.09. The van der Waals surface area contributed by atoms with Gasteiger partial charge < -0.3 is 9.13 Å². The lowest BCUT2D eigenvalue weighted by Gasteiger charge is -2.15. The van der Waals surface area contributed by atoms with Crippen LogP contribution in [0.5, 0.6) is 0 Å². The first-order valence-electron chi connectivity index (χ1n) is 12.1. The Morgan fingerprint density at radius 1 is 0.400 bits per heavy atom. The van der Waals surface area contributed by atoms with Crippen LogP contribution in [0.2, 0.25) is 0 Å². The second-order valence-corrected chi connectivity index (χ2v) is 9.48. The minimum Gasteiger partial charge on any atom is -0.344 e. The molecule has 8 rings (SSSR count). The van der Waals surface area contributed by atoms with Gasteiger partial charge in [0.1, 0.15) is 0 Å². The van der Waals surface area contributed by atoms with E-state index in [2.05, 4.69) is 131 Å². The molecule has 164 valence electrons. The van der Waals surface area contributed by atoms with E-state index >= 15 is 0 Å². The molecule has 0 bridgehead atoms. The topological polar surface area (TPSA) is 9.86 Å². The zero-order valence-electron chi connectivity index (χ0n) is 19.4. The van der Waals surface area contributed by atoms with Crippen molar-refractivity contribution < 1.29 is 0 Å². The zero-order valence-corrected chi connectivity index (χ0v) is 19.4. The van der Waals surface area contributed by atoms with E-state index < -0.39 is 0 Å². The Morgan fingerprint density at radius 3 is 1.57 bits per heavy atom. The third-order valence-electron chi connectivity index (χ3n) is 7.67. The number of benzene rings is 6. The molecule has 0 aliphatic rings. The van der Waals surface area contributed by atoms with Crippen LogP contribution >= 0.6 is 0 Å². The van der Waals surface area contributed by atoms with E-state index in [1.165, 1.54) is 70.8 Å². The molecule has 2 heterocycles. The molecule has 35 heavy (non-hydrogen) atoms. The third kappa shape index (κ3) is 2.43. The van der Waals surface area contributed by atoms with E-state index in [1.54, 1.807) is 0 Å². The quantitative estimate of drug-likeness (QED) is 0.223. The maximum atomic E-state index is 2.50.